The zero-order valence-electron chi connectivity index (χ0n) is 11.5. The molecule has 0 spiro atoms. The predicted molar refractivity (Wildman–Crippen MR) is 81.5 cm³/mol. The van der Waals surface area contributed by atoms with Gasteiger partial charge in [-0.25, -0.2) is 4.98 Å². The minimum atomic E-state index is 0.296. The maximum Gasteiger partial charge on any atom is 0.126 e. The number of thioether (sulfide) groups is 1. The van der Waals surface area contributed by atoms with Gasteiger partial charge >= 0.3 is 0 Å². The number of hydrogen-bond donors (Lipinski definition) is 1. The topological polar surface area (TPSA) is 29.9 Å². The van der Waals surface area contributed by atoms with Crippen molar-refractivity contribution in [2.24, 2.45) is 0 Å². The van der Waals surface area contributed by atoms with Crippen molar-refractivity contribution in [2.75, 3.05) is 12.3 Å². The first-order chi connectivity index (χ1) is 9.35. The number of hydrogen-bond acceptors (Lipinski definition) is 3. The van der Waals surface area contributed by atoms with Crippen LogP contribution in [0.2, 0.25) is 0 Å². The minimum absolute atomic E-state index is 0.296. The second kappa shape index (κ2) is 7.36. The van der Waals surface area contributed by atoms with Gasteiger partial charge in [0.15, 0.2) is 0 Å². The monoisotopic (exact) mass is 275 g/mol. The van der Waals surface area contributed by atoms with Gasteiger partial charge in [0.1, 0.15) is 5.82 Å². The molecule has 0 aliphatic rings. The molecule has 1 aromatic carbocycles. The molecule has 0 saturated carbocycles. The summed E-state index contributed by atoms with van der Waals surface area (Å²) in [5, 5.41) is 3.53. The Hall–Kier alpha value is -1.26. The van der Waals surface area contributed by atoms with Gasteiger partial charge in [-0.05, 0) is 25.6 Å². The van der Waals surface area contributed by atoms with Crippen molar-refractivity contribution in [1.29, 1.82) is 0 Å². The molecule has 1 N–H and O–H groups in total. The molecule has 0 aliphatic carbocycles. The third-order valence-electron chi connectivity index (χ3n) is 3.01. The number of rotatable bonds is 7. The van der Waals surface area contributed by atoms with E-state index in [1.807, 2.05) is 24.2 Å². The van der Waals surface area contributed by atoms with Crippen LogP contribution in [0.3, 0.4) is 0 Å². The number of aryl methyl sites for hydroxylation is 1. The van der Waals surface area contributed by atoms with E-state index in [-0.39, 0.29) is 0 Å². The molecule has 1 heterocycles. The summed E-state index contributed by atoms with van der Waals surface area (Å²) in [6.07, 6.45) is 3.93. The molecule has 1 atom stereocenters. The first-order valence-electron chi connectivity index (χ1n) is 6.77. The molecule has 0 aliphatic heterocycles. The molecule has 0 radical (unpaired) electrons. The van der Waals surface area contributed by atoms with Crippen LogP contribution in [-0.4, -0.2) is 21.8 Å². The van der Waals surface area contributed by atoms with Crippen LogP contribution < -0.4 is 5.32 Å². The largest absolute Gasteiger partial charge is 0.334 e. The van der Waals surface area contributed by atoms with E-state index in [0.717, 1.165) is 24.7 Å². The van der Waals surface area contributed by atoms with Crippen LogP contribution in [0, 0.1) is 0 Å². The lowest BCUT2D eigenvalue weighted by Gasteiger charge is -2.18. The fraction of sp³-hybridized carbons (Fsp3) is 0.400. The predicted octanol–water partition coefficient (Wildman–Crippen LogP) is 3.35. The third-order valence-corrected chi connectivity index (χ3v) is 4.12. The smallest absolute Gasteiger partial charge is 0.126 e. The highest BCUT2D eigenvalue weighted by Crippen LogP contribution is 2.23. The summed E-state index contributed by atoms with van der Waals surface area (Å²) in [4.78, 5) is 5.81. The van der Waals surface area contributed by atoms with Crippen LogP contribution in [0.4, 0.5) is 0 Å². The lowest BCUT2D eigenvalue weighted by Crippen LogP contribution is -2.26. The molecule has 1 aromatic heterocycles. The van der Waals surface area contributed by atoms with Gasteiger partial charge in [0, 0.05) is 29.6 Å². The van der Waals surface area contributed by atoms with Crippen molar-refractivity contribution < 1.29 is 0 Å². The fourth-order valence-electron chi connectivity index (χ4n) is 2.07. The van der Waals surface area contributed by atoms with Gasteiger partial charge < -0.3 is 9.88 Å². The number of benzene rings is 1. The Morgan fingerprint density at radius 1 is 1.26 bits per heavy atom. The van der Waals surface area contributed by atoms with Gasteiger partial charge in [0.05, 0.1) is 6.04 Å². The van der Waals surface area contributed by atoms with Gasteiger partial charge in [-0.1, -0.05) is 25.1 Å². The molecule has 2 aromatic rings. The lowest BCUT2D eigenvalue weighted by molar-refractivity contribution is 0.539. The molecular weight excluding hydrogens is 254 g/mol. The number of aromatic nitrogens is 2. The summed E-state index contributed by atoms with van der Waals surface area (Å²) in [5.74, 6) is 2.13. The van der Waals surface area contributed by atoms with Crippen LogP contribution in [0.5, 0.6) is 0 Å². The lowest BCUT2D eigenvalue weighted by atomic mass is 10.3. The van der Waals surface area contributed by atoms with Crippen molar-refractivity contribution in [3.63, 3.8) is 0 Å². The molecule has 4 heteroatoms. The third kappa shape index (κ3) is 3.85. The van der Waals surface area contributed by atoms with Gasteiger partial charge in [0.25, 0.3) is 0 Å². The number of nitrogens with zero attached hydrogens (tertiary/aromatic N) is 2. The zero-order valence-corrected chi connectivity index (χ0v) is 12.4. The second-order valence-electron chi connectivity index (χ2n) is 4.31. The molecule has 19 heavy (non-hydrogen) atoms. The van der Waals surface area contributed by atoms with E-state index in [2.05, 4.69) is 59.0 Å². The van der Waals surface area contributed by atoms with E-state index in [0.29, 0.717) is 6.04 Å². The van der Waals surface area contributed by atoms with Gasteiger partial charge in [-0.2, -0.15) is 0 Å². The molecule has 0 saturated heterocycles. The Labute approximate surface area is 119 Å². The van der Waals surface area contributed by atoms with Crippen LogP contribution in [0.15, 0.2) is 47.6 Å². The summed E-state index contributed by atoms with van der Waals surface area (Å²) in [7, 11) is 0. The van der Waals surface area contributed by atoms with Crippen LogP contribution in [0.25, 0.3) is 0 Å². The molecule has 0 fully saturated rings. The maximum atomic E-state index is 4.51. The first-order valence-corrected chi connectivity index (χ1v) is 7.76. The number of imidazole rings is 1. The molecule has 1 unspecified atom stereocenters. The Balaban J connectivity index is 2.04. The molecular formula is C15H21N3S. The maximum absolute atomic E-state index is 4.51. The molecule has 0 bridgehead atoms. The summed E-state index contributed by atoms with van der Waals surface area (Å²) in [6, 6.07) is 10.8. The molecule has 2 rings (SSSR count). The molecule has 102 valence electrons. The van der Waals surface area contributed by atoms with Gasteiger partial charge in [-0.15, -0.1) is 11.8 Å². The summed E-state index contributed by atoms with van der Waals surface area (Å²) < 4.78 is 2.21. The van der Waals surface area contributed by atoms with Crippen LogP contribution in [-0.2, 0) is 6.54 Å². The Kier molecular flexibility index (Phi) is 5.48. The number of nitrogens with one attached hydrogen (secondary N) is 1. The minimum Gasteiger partial charge on any atom is -0.334 e. The Morgan fingerprint density at radius 3 is 2.74 bits per heavy atom. The van der Waals surface area contributed by atoms with Crippen LogP contribution >= 0.6 is 11.8 Å². The second-order valence-corrected chi connectivity index (χ2v) is 5.40. The zero-order chi connectivity index (χ0) is 13.5. The summed E-state index contributed by atoms with van der Waals surface area (Å²) >= 11 is 1.87. The van der Waals surface area contributed by atoms with E-state index in [9.17, 15) is 0 Å². The molecule has 0 amide bonds. The molecule has 3 nitrogen and oxygen atoms in total. The van der Waals surface area contributed by atoms with E-state index in [1.54, 1.807) is 0 Å². The summed E-state index contributed by atoms with van der Waals surface area (Å²) in [5.41, 5.74) is 0. The van der Waals surface area contributed by atoms with Crippen molar-refractivity contribution in [1.82, 2.24) is 14.9 Å². The SMILES string of the molecule is CCNC(CSc1ccccc1)c1nccn1CC. The highest BCUT2D eigenvalue weighted by molar-refractivity contribution is 7.99. The average Bonchev–Trinajstić information content (AvgIpc) is 2.93. The average molecular weight is 275 g/mol. The standard InChI is InChI=1S/C15H21N3S/c1-3-16-14(15-17-10-11-18(15)4-2)12-19-13-8-6-5-7-9-13/h5-11,14,16H,3-4,12H2,1-2H3. The summed E-state index contributed by atoms with van der Waals surface area (Å²) in [6.45, 7) is 6.21. The van der Waals surface area contributed by atoms with E-state index in [1.165, 1.54) is 4.90 Å². The highest BCUT2D eigenvalue weighted by atomic mass is 32.2. The van der Waals surface area contributed by atoms with Crippen molar-refractivity contribution in [3.8, 4) is 0 Å². The van der Waals surface area contributed by atoms with Crippen molar-refractivity contribution >= 4 is 11.8 Å². The van der Waals surface area contributed by atoms with E-state index in [4.69, 9.17) is 0 Å². The van der Waals surface area contributed by atoms with Crippen LogP contribution in [0.1, 0.15) is 25.7 Å². The highest BCUT2D eigenvalue weighted by Gasteiger charge is 2.15. The Morgan fingerprint density at radius 2 is 2.05 bits per heavy atom. The van der Waals surface area contributed by atoms with E-state index >= 15 is 0 Å². The fourth-order valence-corrected chi connectivity index (χ4v) is 3.04. The normalized spacial score (nSPS) is 12.5. The van der Waals surface area contributed by atoms with Gasteiger partial charge in [0.2, 0.25) is 0 Å². The van der Waals surface area contributed by atoms with Crippen molar-refractivity contribution in [2.45, 2.75) is 31.3 Å². The van der Waals surface area contributed by atoms with E-state index < -0.39 is 0 Å². The van der Waals surface area contributed by atoms with Crippen molar-refractivity contribution in [3.05, 3.63) is 48.5 Å². The first kappa shape index (κ1) is 14.2. The quantitative estimate of drug-likeness (QED) is 0.786. The van der Waals surface area contributed by atoms with Gasteiger partial charge in [-0.3, -0.25) is 0 Å². The Bertz CT molecular complexity index is 481.